The molecular formula is C22H17N5O2S. The Labute approximate surface area is 177 Å². The van der Waals surface area contributed by atoms with Gasteiger partial charge in [0, 0.05) is 11.4 Å². The number of furan rings is 1. The van der Waals surface area contributed by atoms with Crippen molar-refractivity contribution in [3.63, 3.8) is 0 Å². The maximum atomic E-state index is 12.9. The summed E-state index contributed by atoms with van der Waals surface area (Å²) in [6.45, 7) is -0.0214. The van der Waals surface area contributed by atoms with Crippen LogP contribution in [0.25, 0.3) is 17.3 Å². The molecule has 0 bridgehead atoms. The monoisotopic (exact) mass is 415 g/mol. The zero-order valence-electron chi connectivity index (χ0n) is 15.9. The molecule has 0 unspecified atom stereocenters. The Bertz CT molecular complexity index is 1150. The molecule has 0 saturated heterocycles. The Morgan fingerprint density at radius 2 is 1.77 bits per heavy atom. The van der Waals surface area contributed by atoms with Crippen LogP contribution in [0.1, 0.15) is 0 Å². The summed E-state index contributed by atoms with van der Waals surface area (Å²) >= 11 is 1.26. The third kappa shape index (κ3) is 4.11. The number of carbonyl (C=O) groups excluding carboxylic acids is 1. The first kappa shape index (κ1) is 19.5. The molecule has 8 heteroatoms. The largest absolute Gasteiger partial charge is 0.461 e. The number of nitrogens with zero attached hydrogens (tertiary/aromatic N) is 5. The molecule has 0 N–H and O–H groups in total. The quantitative estimate of drug-likeness (QED) is 0.332. The van der Waals surface area contributed by atoms with Crippen LogP contribution in [0.2, 0.25) is 0 Å². The Morgan fingerprint density at radius 3 is 2.43 bits per heavy atom. The molecule has 0 radical (unpaired) electrons. The zero-order valence-corrected chi connectivity index (χ0v) is 16.7. The Kier molecular flexibility index (Phi) is 5.92. The SMILES string of the molecule is N#CCN(C(=O)CSc1nnc(-c2ccco2)n1-c1ccccc1)c1ccccc1. The predicted molar refractivity (Wildman–Crippen MR) is 114 cm³/mol. The lowest BCUT2D eigenvalue weighted by molar-refractivity contribution is -0.116. The van der Waals surface area contributed by atoms with Crippen LogP contribution in [0, 0.1) is 11.3 Å². The van der Waals surface area contributed by atoms with E-state index in [1.54, 1.807) is 24.5 Å². The number of nitriles is 1. The van der Waals surface area contributed by atoms with Crippen molar-refractivity contribution < 1.29 is 9.21 Å². The van der Waals surface area contributed by atoms with Crippen molar-refractivity contribution >= 4 is 23.4 Å². The van der Waals surface area contributed by atoms with E-state index < -0.39 is 0 Å². The number of rotatable bonds is 7. The molecule has 0 spiro atoms. The molecule has 2 aromatic heterocycles. The van der Waals surface area contributed by atoms with E-state index in [1.807, 2.05) is 59.2 Å². The summed E-state index contributed by atoms with van der Waals surface area (Å²) in [5.41, 5.74) is 1.55. The number of hydrogen-bond acceptors (Lipinski definition) is 6. The van der Waals surface area contributed by atoms with E-state index in [1.165, 1.54) is 16.7 Å². The fourth-order valence-corrected chi connectivity index (χ4v) is 3.77. The molecule has 148 valence electrons. The third-order valence-electron chi connectivity index (χ3n) is 4.31. The van der Waals surface area contributed by atoms with Gasteiger partial charge in [-0.3, -0.25) is 14.3 Å². The first-order chi connectivity index (χ1) is 14.8. The van der Waals surface area contributed by atoms with Crippen LogP contribution < -0.4 is 4.90 Å². The van der Waals surface area contributed by atoms with Gasteiger partial charge in [0.1, 0.15) is 6.54 Å². The van der Waals surface area contributed by atoms with Crippen LogP contribution in [0.15, 0.2) is 88.6 Å². The van der Waals surface area contributed by atoms with Crippen LogP contribution in [-0.2, 0) is 4.79 Å². The highest BCUT2D eigenvalue weighted by molar-refractivity contribution is 7.99. The van der Waals surface area contributed by atoms with Crippen molar-refractivity contribution in [2.75, 3.05) is 17.2 Å². The molecule has 1 amide bonds. The Hall–Kier alpha value is -3.83. The number of aromatic nitrogens is 3. The number of amides is 1. The average Bonchev–Trinajstić information content (AvgIpc) is 3.47. The van der Waals surface area contributed by atoms with Crippen molar-refractivity contribution in [2.24, 2.45) is 0 Å². The molecular weight excluding hydrogens is 398 g/mol. The Balaban J connectivity index is 1.61. The summed E-state index contributed by atoms with van der Waals surface area (Å²) in [5.74, 6) is 1.06. The van der Waals surface area contributed by atoms with Gasteiger partial charge in [-0.2, -0.15) is 5.26 Å². The molecule has 0 atom stereocenters. The molecule has 4 rings (SSSR count). The van der Waals surface area contributed by atoms with E-state index in [-0.39, 0.29) is 18.2 Å². The predicted octanol–water partition coefficient (Wildman–Crippen LogP) is 4.18. The van der Waals surface area contributed by atoms with Gasteiger partial charge in [-0.05, 0) is 36.4 Å². The van der Waals surface area contributed by atoms with E-state index in [9.17, 15) is 4.79 Å². The van der Waals surface area contributed by atoms with Crippen molar-refractivity contribution in [3.8, 4) is 23.3 Å². The van der Waals surface area contributed by atoms with Gasteiger partial charge in [0.15, 0.2) is 10.9 Å². The molecule has 0 aliphatic carbocycles. The van der Waals surface area contributed by atoms with Gasteiger partial charge in [-0.1, -0.05) is 48.2 Å². The molecule has 0 fully saturated rings. The lowest BCUT2D eigenvalue weighted by Gasteiger charge is -2.19. The minimum absolute atomic E-state index is 0.0214. The van der Waals surface area contributed by atoms with Crippen LogP contribution >= 0.6 is 11.8 Å². The number of carbonyl (C=O) groups is 1. The Morgan fingerprint density at radius 1 is 1.03 bits per heavy atom. The number of para-hydroxylation sites is 2. The lowest BCUT2D eigenvalue weighted by Crippen LogP contribution is -2.32. The second-order valence-electron chi connectivity index (χ2n) is 6.22. The highest BCUT2D eigenvalue weighted by atomic mass is 32.2. The van der Waals surface area contributed by atoms with Crippen molar-refractivity contribution in [2.45, 2.75) is 5.16 Å². The third-order valence-corrected chi connectivity index (χ3v) is 5.23. The van der Waals surface area contributed by atoms with Crippen LogP contribution in [0.3, 0.4) is 0 Å². The molecule has 2 heterocycles. The topological polar surface area (TPSA) is 87.9 Å². The van der Waals surface area contributed by atoms with E-state index in [4.69, 9.17) is 9.68 Å². The number of hydrogen-bond donors (Lipinski definition) is 0. The average molecular weight is 415 g/mol. The molecule has 0 aliphatic rings. The van der Waals surface area contributed by atoms with Gasteiger partial charge in [-0.25, -0.2) is 0 Å². The highest BCUT2D eigenvalue weighted by Gasteiger charge is 2.21. The summed E-state index contributed by atoms with van der Waals surface area (Å²) in [7, 11) is 0. The number of thioether (sulfide) groups is 1. The minimum Gasteiger partial charge on any atom is -0.461 e. The van der Waals surface area contributed by atoms with Crippen LogP contribution in [0.5, 0.6) is 0 Å². The normalized spacial score (nSPS) is 10.5. The second kappa shape index (κ2) is 9.11. The second-order valence-corrected chi connectivity index (χ2v) is 7.16. The minimum atomic E-state index is -0.185. The van der Waals surface area contributed by atoms with Gasteiger partial charge in [0.25, 0.3) is 0 Å². The number of benzene rings is 2. The van der Waals surface area contributed by atoms with Crippen molar-refractivity contribution in [3.05, 3.63) is 79.1 Å². The molecule has 7 nitrogen and oxygen atoms in total. The fourth-order valence-electron chi connectivity index (χ4n) is 2.94. The first-order valence-electron chi connectivity index (χ1n) is 9.18. The van der Waals surface area contributed by atoms with Crippen LogP contribution in [-0.4, -0.2) is 33.0 Å². The molecule has 0 saturated carbocycles. The van der Waals surface area contributed by atoms with Gasteiger partial charge in [0.2, 0.25) is 11.7 Å². The summed E-state index contributed by atoms with van der Waals surface area (Å²) in [6, 6.07) is 24.5. The van der Waals surface area contributed by atoms with Crippen molar-refractivity contribution in [1.82, 2.24) is 14.8 Å². The fraction of sp³-hybridized carbons (Fsp3) is 0.0909. The molecule has 0 aliphatic heterocycles. The van der Waals surface area contributed by atoms with Gasteiger partial charge in [-0.15, -0.1) is 10.2 Å². The van der Waals surface area contributed by atoms with Gasteiger partial charge < -0.3 is 4.42 Å². The van der Waals surface area contributed by atoms with Gasteiger partial charge in [0.05, 0.1) is 18.1 Å². The standard InChI is InChI=1S/C22H17N5O2S/c23-13-14-26(17-8-3-1-4-9-17)20(28)16-30-22-25-24-21(19-12-7-15-29-19)27(22)18-10-5-2-6-11-18/h1-12,15H,14,16H2. The van der Waals surface area contributed by atoms with E-state index >= 15 is 0 Å². The van der Waals surface area contributed by atoms with E-state index in [0.717, 1.165) is 5.69 Å². The zero-order chi connectivity index (χ0) is 20.8. The van der Waals surface area contributed by atoms with Crippen molar-refractivity contribution in [1.29, 1.82) is 5.26 Å². The van der Waals surface area contributed by atoms with E-state index in [0.29, 0.717) is 22.4 Å². The summed E-state index contributed by atoms with van der Waals surface area (Å²) in [4.78, 5) is 14.3. The van der Waals surface area contributed by atoms with E-state index in [2.05, 4.69) is 16.3 Å². The summed E-state index contributed by atoms with van der Waals surface area (Å²) in [5, 5.41) is 18.3. The number of anilines is 1. The maximum absolute atomic E-state index is 12.9. The smallest absolute Gasteiger partial charge is 0.238 e. The summed E-state index contributed by atoms with van der Waals surface area (Å²) in [6.07, 6.45) is 1.58. The lowest BCUT2D eigenvalue weighted by atomic mass is 10.3. The van der Waals surface area contributed by atoms with Crippen LogP contribution in [0.4, 0.5) is 5.69 Å². The molecule has 2 aromatic carbocycles. The molecule has 30 heavy (non-hydrogen) atoms. The maximum Gasteiger partial charge on any atom is 0.238 e. The highest BCUT2D eigenvalue weighted by Crippen LogP contribution is 2.28. The summed E-state index contributed by atoms with van der Waals surface area (Å²) < 4.78 is 7.36. The van der Waals surface area contributed by atoms with Gasteiger partial charge >= 0.3 is 0 Å². The first-order valence-corrected chi connectivity index (χ1v) is 10.2. The molecule has 4 aromatic rings.